The Bertz CT molecular complexity index is 4260. The molecule has 12 aromatic rings. The summed E-state index contributed by atoms with van der Waals surface area (Å²) in [6, 6.07) is 107. The van der Waals surface area contributed by atoms with Crippen molar-refractivity contribution >= 4 is 132 Å². The van der Waals surface area contributed by atoms with Crippen LogP contribution in [0.15, 0.2) is 306 Å². The minimum atomic E-state index is -0.0908. The van der Waals surface area contributed by atoms with Crippen LogP contribution in [0.25, 0.3) is 22.3 Å². The van der Waals surface area contributed by atoms with Crippen molar-refractivity contribution in [2.45, 2.75) is 14.7 Å². The molecule has 8 heteroatoms. The summed E-state index contributed by atoms with van der Waals surface area (Å²) in [6.45, 7) is -0.0908. The van der Waals surface area contributed by atoms with Crippen LogP contribution in [0.2, 0.25) is 0 Å². The highest BCUT2D eigenvalue weighted by molar-refractivity contribution is 8.28. The molecule has 0 radical (unpaired) electrons. The number of benzene rings is 12. The molecule has 0 saturated carbocycles. The average Bonchev–Trinajstić information content (AvgIpc) is 3.71. The Balaban J connectivity index is 0.988. The standard InChI is InChI=1S/C72H48B2N4S2/c1-7-25-49(26-8-1)57-37-19-22-40-63(57)78-65-48-69-62(74-71-59(58-38-20-24-42-68(58)80-74)43-55(46-70(71)79-69)75(50-27-9-2-10-28-50)51-29-11-3-12-30-51)47-61(65)73-60-39-21-23-41-64(60)77(54-35-17-6-18-36-54)66-44-56(45-67(78)72(66)73)76(52-31-13-4-14-32-52)53-33-15-5-16-34-53/h1-48H. The highest BCUT2D eigenvalue weighted by atomic mass is 32.2. The molecule has 80 heavy (non-hydrogen) atoms. The van der Waals surface area contributed by atoms with Gasteiger partial charge in [-0.3, -0.25) is 0 Å². The molecule has 4 heterocycles. The van der Waals surface area contributed by atoms with Crippen molar-refractivity contribution in [2.75, 3.05) is 19.6 Å². The molecule has 4 nitrogen and oxygen atoms in total. The summed E-state index contributed by atoms with van der Waals surface area (Å²) in [5.41, 5.74) is 25.1. The van der Waals surface area contributed by atoms with Gasteiger partial charge in [0, 0.05) is 77.1 Å². The van der Waals surface area contributed by atoms with Gasteiger partial charge in [-0.15, -0.1) is 0 Å². The minimum absolute atomic E-state index is 0.0608. The SMILES string of the molecule is c1ccc(-c2ccccc2N2c3cc4c(cc3B3c5ccccc5N(c5ccccc5)c5cc(N(c6ccccc6)c6ccccc6)cc2c53)B2Sc3ccccc3-c3cc(N(c5ccccc5)c5ccccc5)cc(c32)S4)cc1. The van der Waals surface area contributed by atoms with E-state index in [1.807, 2.05) is 23.4 Å². The van der Waals surface area contributed by atoms with E-state index < -0.39 is 0 Å². The van der Waals surface area contributed by atoms with E-state index in [2.05, 4.69) is 311 Å². The van der Waals surface area contributed by atoms with Gasteiger partial charge in [0.05, 0.1) is 11.4 Å². The van der Waals surface area contributed by atoms with Crippen molar-refractivity contribution < 1.29 is 0 Å². The van der Waals surface area contributed by atoms with E-state index >= 15 is 0 Å². The Kier molecular flexibility index (Phi) is 11.2. The molecule has 4 aliphatic heterocycles. The maximum absolute atomic E-state index is 2.63. The molecule has 0 spiro atoms. The number of hydrogen-bond acceptors (Lipinski definition) is 6. The number of anilines is 12. The molecule has 0 unspecified atom stereocenters. The first kappa shape index (κ1) is 46.7. The van der Waals surface area contributed by atoms with Crippen LogP contribution in [0.5, 0.6) is 0 Å². The van der Waals surface area contributed by atoms with Crippen molar-refractivity contribution in [3.05, 3.63) is 291 Å². The van der Waals surface area contributed by atoms with Gasteiger partial charge in [0.1, 0.15) is 0 Å². The lowest BCUT2D eigenvalue weighted by atomic mass is 9.33. The van der Waals surface area contributed by atoms with E-state index in [4.69, 9.17) is 0 Å². The van der Waals surface area contributed by atoms with E-state index in [-0.39, 0.29) is 12.7 Å². The molecule has 0 N–H and O–H groups in total. The molecule has 0 saturated heterocycles. The van der Waals surface area contributed by atoms with Gasteiger partial charge >= 0.3 is 0 Å². The molecular weight excluding hydrogens is 1010 g/mol. The number of rotatable bonds is 9. The van der Waals surface area contributed by atoms with Gasteiger partial charge in [0.25, 0.3) is 12.7 Å². The minimum Gasteiger partial charge on any atom is -0.311 e. The van der Waals surface area contributed by atoms with Gasteiger partial charge in [-0.1, -0.05) is 194 Å². The summed E-state index contributed by atoms with van der Waals surface area (Å²) in [5.74, 6) is 0.0608. The first-order chi connectivity index (χ1) is 39.7. The fourth-order valence-electron chi connectivity index (χ4n) is 12.9. The quantitative estimate of drug-likeness (QED) is 0.133. The smallest absolute Gasteiger partial charge is 0.283 e. The van der Waals surface area contributed by atoms with Gasteiger partial charge in [-0.2, -0.15) is 11.6 Å². The highest BCUT2D eigenvalue weighted by Crippen LogP contribution is 2.52. The number of fused-ring (bicyclic) bond motifs is 8. The number of para-hydroxylation sites is 7. The molecule has 0 atom stereocenters. The summed E-state index contributed by atoms with van der Waals surface area (Å²) < 4.78 is 0. The molecule has 0 aromatic heterocycles. The molecule has 374 valence electrons. The predicted molar refractivity (Wildman–Crippen MR) is 342 cm³/mol. The third-order valence-electron chi connectivity index (χ3n) is 16.2. The summed E-state index contributed by atoms with van der Waals surface area (Å²) in [5, 5.41) is 0. The third-order valence-corrected chi connectivity index (χ3v) is 18.7. The molecule has 0 bridgehead atoms. The van der Waals surface area contributed by atoms with Crippen LogP contribution in [0.1, 0.15) is 0 Å². The van der Waals surface area contributed by atoms with E-state index in [0.29, 0.717) is 0 Å². The van der Waals surface area contributed by atoms with E-state index in [1.165, 1.54) is 75.6 Å². The van der Waals surface area contributed by atoms with E-state index in [1.54, 1.807) is 0 Å². The first-order valence-electron chi connectivity index (χ1n) is 27.4. The topological polar surface area (TPSA) is 13.0 Å². The molecule has 0 amide bonds. The predicted octanol–water partition coefficient (Wildman–Crippen LogP) is 16.7. The Labute approximate surface area is 476 Å². The van der Waals surface area contributed by atoms with Crippen LogP contribution in [-0.2, 0) is 0 Å². The summed E-state index contributed by atoms with van der Waals surface area (Å²) in [7, 11) is 0. The van der Waals surface area contributed by atoms with Gasteiger partial charge in [-0.25, -0.2) is 0 Å². The maximum atomic E-state index is 2.63. The fourth-order valence-corrected chi connectivity index (χ4v) is 15.7. The lowest BCUT2D eigenvalue weighted by molar-refractivity contribution is 1.22. The van der Waals surface area contributed by atoms with Crippen molar-refractivity contribution in [3.63, 3.8) is 0 Å². The Morgan fingerprint density at radius 3 is 1.41 bits per heavy atom. The monoisotopic (exact) mass is 1050 g/mol. The zero-order valence-electron chi connectivity index (χ0n) is 43.5. The van der Waals surface area contributed by atoms with Gasteiger partial charge in [0.2, 0.25) is 0 Å². The fraction of sp³-hybridized carbons (Fsp3) is 0. The van der Waals surface area contributed by atoms with Gasteiger partial charge < -0.3 is 19.6 Å². The largest absolute Gasteiger partial charge is 0.311 e. The number of hydrogen-bond donors (Lipinski definition) is 0. The van der Waals surface area contributed by atoms with E-state index in [0.717, 1.165) is 56.9 Å². The van der Waals surface area contributed by atoms with E-state index in [9.17, 15) is 0 Å². The zero-order chi connectivity index (χ0) is 52.7. The summed E-state index contributed by atoms with van der Waals surface area (Å²) in [6.07, 6.45) is 0. The molecule has 0 aliphatic carbocycles. The maximum Gasteiger partial charge on any atom is 0.283 e. The molecular formula is C72H48B2N4S2. The van der Waals surface area contributed by atoms with Crippen molar-refractivity contribution in [1.29, 1.82) is 0 Å². The second-order valence-electron chi connectivity index (χ2n) is 20.7. The van der Waals surface area contributed by atoms with Gasteiger partial charge in [0.15, 0.2) is 0 Å². The van der Waals surface area contributed by atoms with Crippen LogP contribution in [0, 0.1) is 0 Å². The Morgan fingerprint density at radius 1 is 0.287 bits per heavy atom. The third kappa shape index (κ3) is 7.58. The first-order valence-corrected chi connectivity index (χ1v) is 29.1. The van der Waals surface area contributed by atoms with Crippen LogP contribution < -0.4 is 46.9 Å². The van der Waals surface area contributed by atoms with Crippen molar-refractivity contribution in [3.8, 4) is 22.3 Å². The summed E-state index contributed by atoms with van der Waals surface area (Å²) >= 11 is 3.93. The van der Waals surface area contributed by atoms with Crippen LogP contribution in [0.4, 0.5) is 68.2 Å². The highest BCUT2D eigenvalue weighted by Gasteiger charge is 2.47. The van der Waals surface area contributed by atoms with Crippen LogP contribution >= 0.6 is 23.4 Å². The van der Waals surface area contributed by atoms with Crippen LogP contribution in [0.3, 0.4) is 0 Å². The number of nitrogens with zero attached hydrogens (tertiary/aromatic N) is 4. The second kappa shape index (κ2) is 19.2. The van der Waals surface area contributed by atoms with Crippen molar-refractivity contribution in [2.24, 2.45) is 0 Å². The average molecular weight is 1050 g/mol. The van der Waals surface area contributed by atoms with Crippen molar-refractivity contribution in [1.82, 2.24) is 0 Å². The Hall–Kier alpha value is -9.33. The second-order valence-corrected chi connectivity index (χ2v) is 23.0. The Morgan fingerprint density at radius 2 is 0.787 bits per heavy atom. The lowest BCUT2D eigenvalue weighted by Gasteiger charge is -2.46. The lowest BCUT2D eigenvalue weighted by Crippen LogP contribution is -2.62. The normalized spacial score (nSPS) is 13.1. The molecule has 0 fully saturated rings. The molecule has 16 rings (SSSR count). The van der Waals surface area contributed by atoms with Gasteiger partial charge in [-0.05, 0) is 153 Å². The zero-order valence-corrected chi connectivity index (χ0v) is 45.1. The summed E-state index contributed by atoms with van der Waals surface area (Å²) in [4.78, 5) is 13.8. The molecule has 12 aromatic carbocycles. The molecule has 4 aliphatic rings. The van der Waals surface area contributed by atoms with Crippen LogP contribution in [-0.4, -0.2) is 12.7 Å².